The van der Waals surface area contributed by atoms with Crippen molar-refractivity contribution in [2.75, 3.05) is 13.3 Å². The van der Waals surface area contributed by atoms with E-state index in [9.17, 15) is 8.42 Å². The Kier molecular flexibility index (Phi) is 6.61. The van der Waals surface area contributed by atoms with Crippen molar-refractivity contribution in [2.45, 2.75) is 77.2 Å². The van der Waals surface area contributed by atoms with Crippen LogP contribution < -0.4 is 0 Å². The fourth-order valence-corrected chi connectivity index (χ4v) is 5.92. The highest BCUT2D eigenvalue weighted by molar-refractivity contribution is 7.90. The molecule has 156 valence electrons. The maximum Gasteiger partial charge on any atom is 0.227 e. The topological polar surface area (TPSA) is 68.1 Å². The number of thiazole rings is 1. The van der Waals surface area contributed by atoms with E-state index in [4.69, 9.17) is 4.98 Å². The maximum atomic E-state index is 12.3. The molecule has 1 atom stereocenters. The van der Waals surface area contributed by atoms with Crippen LogP contribution in [0.2, 0.25) is 0 Å². The van der Waals surface area contributed by atoms with Crippen molar-refractivity contribution >= 4 is 21.2 Å². The number of sulfone groups is 1. The zero-order chi connectivity index (χ0) is 20.5. The van der Waals surface area contributed by atoms with Gasteiger partial charge in [-0.3, -0.25) is 4.90 Å². The Morgan fingerprint density at radius 3 is 2.54 bits per heavy atom. The summed E-state index contributed by atoms with van der Waals surface area (Å²) in [4.78, 5) is 12.5. The van der Waals surface area contributed by atoms with E-state index >= 15 is 0 Å². The second-order valence-corrected chi connectivity index (χ2v) is 11.5. The molecule has 1 aliphatic carbocycles. The number of aryl methyl sites for hydroxylation is 2. The summed E-state index contributed by atoms with van der Waals surface area (Å²) < 4.78 is 26.5. The third-order valence-electron chi connectivity index (χ3n) is 5.81. The van der Waals surface area contributed by atoms with Crippen LogP contribution in [0.25, 0.3) is 0 Å². The summed E-state index contributed by atoms with van der Waals surface area (Å²) in [6.07, 6.45) is 9.10. The molecule has 3 rings (SSSR count). The molecule has 6 nitrogen and oxygen atoms in total. The Labute approximate surface area is 172 Å². The molecule has 8 heteroatoms. The van der Waals surface area contributed by atoms with E-state index in [0.29, 0.717) is 12.5 Å². The third kappa shape index (κ3) is 4.83. The van der Waals surface area contributed by atoms with Crippen molar-refractivity contribution in [1.82, 2.24) is 19.4 Å². The average Bonchev–Trinajstić information content (AvgIpc) is 3.17. The smallest absolute Gasteiger partial charge is 0.227 e. The summed E-state index contributed by atoms with van der Waals surface area (Å²) in [6, 6.07) is 0.157. The van der Waals surface area contributed by atoms with Gasteiger partial charge in [-0.1, -0.05) is 19.3 Å². The number of nitrogens with zero attached hydrogens (tertiary/aromatic N) is 4. The lowest BCUT2D eigenvalue weighted by molar-refractivity contribution is 0.235. The van der Waals surface area contributed by atoms with E-state index in [2.05, 4.69) is 30.8 Å². The van der Waals surface area contributed by atoms with Crippen LogP contribution in [0.4, 0.5) is 0 Å². The average molecular weight is 425 g/mol. The Morgan fingerprint density at radius 1 is 1.29 bits per heavy atom. The van der Waals surface area contributed by atoms with Crippen molar-refractivity contribution in [3.8, 4) is 0 Å². The van der Waals surface area contributed by atoms with Crippen molar-refractivity contribution < 1.29 is 8.42 Å². The fraction of sp³-hybridized carbons (Fsp3) is 0.700. The molecule has 2 aromatic rings. The minimum absolute atomic E-state index is 0.157. The molecule has 0 aliphatic heterocycles. The normalized spacial score (nSPS) is 17.4. The molecule has 0 bridgehead atoms. The number of aromatic nitrogens is 3. The van der Waals surface area contributed by atoms with Crippen LogP contribution in [-0.4, -0.2) is 41.2 Å². The first-order valence-corrected chi connectivity index (χ1v) is 12.8. The molecule has 2 aromatic heterocycles. The molecule has 0 radical (unpaired) electrons. The lowest BCUT2D eigenvalue weighted by atomic mass is 9.89. The van der Waals surface area contributed by atoms with Gasteiger partial charge in [-0.2, -0.15) is 0 Å². The Balaban J connectivity index is 1.84. The van der Waals surface area contributed by atoms with Crippen molar-refractivity contribution in [1.29, 1.82) is 0 Å². The molecule has 2 heterocycles. The van der Waals surface area contributed by atoms with E-state index in [1.54, 1.807) is 17.5 Å². The molecule has 1 aliphatic rings. The van der Waals surface area contributed by atoms with Gasteiger partial charge in [-0.05, 0) is 46.6 Å². The quantitative estimate of drug-likeness (QED) is 0.668. The molecule has 1 saturated carbocycles. The van der Waals surface area contributed by atoms with E-state index in [0.717, 1.165) is 22.9 Å². The monoisotopic (exact) mass is 424 g/mol. The zero-order valence-electron chi connectivity index (χ0n) is 17.6. The Morgan fingerprint density at radius 2 is 1.96 bits per heavy atom. The fourth-order valence-electron chi connectivity index (χ4n) is 4.17. The van der Waals surface area contributed by atoms with Gasteiger partial charge in [0, 0.05) is 24.2 Å². The van der Waals surface area contributed by atoms with Crippen LogP contribution in [-0.2, 0) is 22.9 Å². The molecule has 0 amide bonds. The minimum Gasteiger partial charge on any atom is -0.317 e. The zero-order valence-corrected chi connectivity index (χ0v) is 19.2. The highest BCUT2D eigenvalue weighted by Gasteiger charge is 2.25. The molecule has 0 unspecified atom stereocenters. The molecule has 28 heavy (non-hydrogen) atoms. The van der Waals surface area contributed by atoms with Gasteiger partial charge < -0.3 is 4.57 Å². The van der Waals surface area contributed by atoms with Crippen LogP contribution in [0.1, 0.15) is 66.3 Å². The standard InChI is InChI=1S/C20H32N4O2S2/c1-14(19-15(2)27-16(3)22-19)23(4)13-18-11-21-20(28(5,25)26)24(18)12-17-9-7-6-8-10-17/h11,14,17H,6-10,12-13H2,1-5H3/t14-/m1/s1. The van der Waals surface area contributed by atoms with E-state index in [-0.39, 0.29) is 11.2 Å². The molecule has 0 spiro atoms. The first kappa shape index (κ1) is 21.5. The number of imidazole rings is 1. The number of hydrogen-bond acceptors (Lipinski definition) is 6. The van der Waals surface area contributed by atoms with E-state index in [1.165, 1.54) is 43.2 Å². The first-order chi connectivity index (χ1) is 13.2. The maximum absolute atomic E-state index is 12.3. The summed E-state index contributed by atoms with van der Waals surface area (Å²) in [5, 5.41) is 1.28. The summed E-state index contributed by atoms with van der Waals surface area (Å²) >= 11 is 1.72. The third-order valence-corrected chi connectivity index (χ3v) is 7.70. The number of hydrogen-bond donors (Lipinski definition) is 0. The SMILES string of the molecule is Cc1nc([C@@H](C)N(C)Cc2cnc(S(C)(=O)=O)n2CC2CCCCC2)c(C)s1. The van der Waals surface area contributed by atoms with Crippen LogP contribution >= 0.6 is 11.3 Å². The lowest BCUT2D eigenvalue weighted by Crippen LogP contribution is -2.26. The van der Waals surface area contributed by atoms with E-state index in [1.807, 2.05) is 11.5 Å². The van der Waals surface area contributed by atoms with Gasteiger partial charge in [-0.25, -0.2) is 18.4 Å². The Hall–Kier alpha value is -1.25. The molecule has 0 saturated heterocycles. The van der Waals surface area contributed by atoms with Crippen LogP contribution in [0.15, 0.2) is 11.4 Å². The van der Waals surface area contributed by atoms with Crippen LogP contribution in [0.5, 0.6) is 0 Å². The highest BCUT2D eigenvalue weighted by Crippen LogP contribution is 2.29. The molecule has 1 fully saturated rings. The minimum atomic E-state index is -3.35. The van der Waals surface area contributed by atoms with Gasteiger partial charge in [-0.15, -0.1) is 11.3 Å². The largest absolute Gasteiger partial charge is 0.317 e. The predicted octanol–water partition coefficient (Wildman–Crippen LogP) is 4.13. The van der Waals surface area contributed by atoms with Crippen molar-refractivity contribution in [3.63, 3.8) is 0 Å². The van der Waals surface area contributed by atoms with Crippen LogP contribution in [0, 0.1) is 19.8 Å². The van der Waals surface area contributed by atoms with Gasteiger partial charge >= 0.3 is 0 Å². The first-order valence-electron chi connectivity index (χ1n) is 10.1. The summed E-state index contributed by atoms with van der Waals surface area (Å²) in [6.45, 7) is 7.69. The van der Waals surface area contributed by atoms with Gasteiger partial charge in [0.1, 0.15) is 0 Å². The van der Waals surface area contributed by atoms with Crippen molar-refractivity contribution in [2.24, 2.45) is 5.92 Å². The molecule has 0 N–H and O–H groups in total. The summed E-state index contributed by atoms with van der Waals surface area (Å²) in [5.41, 5.74) is 2.07. The van der Waals surface area contributed by atoms with Gasteiger partial charge in [0.15, 0.2) is 0 Å². The number of rotatable bonds is 7. The highest BCUT2D eigenvalue weighted by atomic mass is 32.2. The second kappa shape index (κ2) is 8.63. The second-order valence-electron chi connectivity index (χ2n) is 8.18. The molecule has 0 aromatic carbocycles. The molecular weight excluding hydrogens is 392 g/mol. The van der Waals surface area contributed by atoms with Gasteiger partial charge in [0.05, 0.1) is 28.6 Å². The van der Waals surface area contributed by atoms with Gasteiger partial charge in [0.25, 0.3) is 0 Å². The van der Waals surface area contributed by atoms with Crippen molar-refractivity contribution in [3.05, 3.63) is 27.5 Å². The van der Waals surface area contributed by atoms with Crippen LogP contribution in [0.3, 0.4) is 0 Å². The van der Waals surface area contributed by atoms with E-state index < -0.39 is 9.84 Å². The Bertz CT molecular complexity index is 911. The summed E-state index contributed by atoms with van der Waals surface area (Å²) in [5.74, 6) is 0.536. The predicted molar refractivity (Wildman–Crippen MR) is 113 cm³/mol. The molecular formula is C20H32N4O2S2. The van der Waals surface area contributed by atoms with Gasteiger partial charge in [0.2, 0.25) is 15.0 Å². The summed E-state index contributed by atoms with van der Waals surface area (Å²) in [7, 11) is -1.29. The lowest BCUT2D eigenvalue weighted by Gasteiger charge is -2.27.